The van der Waals surface area contributed by atoms with E-state index in [1.807, 2.05) is 44.2 Å². The second-order valence-corrected chi connectivity index (χ2v) is 4.29. The molecule has 4 heteroatoms. The maximum absolute atomic E-state index is 11.7. The molecule has 2 rings (SSSR count). The quantitative estimate of drug-likeness (QED) is 0.899. The Morgan fingerprint density at radius 3 is 2.89 bits per heavy atom. The normalized spacial score (nSPS) is 10.8. The molecule has 0 aliphatic rings. The van der Waals surface area contributed by atoms with Gasteiger partial charge in [0, 0.05) is 11.6 Å². The van der Waals surface area contributed by atoms with Crippen LogP contribution in [-0.4, -0.2) is 23.6 Å². The Labute approximate surface area is 106 Å². The molecule has 0 aliphatic carbocycles. The van der Waals surface area contributed by atoms with E-state index in [-0.39, 0.29) is 18.6 Å². The average Bonchev–Trinajstić information content (AvgIpc) is 2.37. The molecule has 0 spiro atoms. The molecule has 94 valence electrons. The lowest BCUT2D eigenvalue weighted by atomic mass is 10.2. The number of carbonyl (C=O) groups is 1. The maximum atomic E-state index is 11.7. The number of aromatic nitrogens is 1. The van der Waals surface area contributed by atoms with Gasteiger partial charge in [0.25, 0.3) is 0 Å². The largest absolute Gasteiger partial charge is 0.369 e. The van der Waals surface area contributed by atoms with Gasteiger partial charge in [-0.05, 0) is 26.0 Å². The summed E-state index contributed by atoms with van der Waals surface area (Å²) >= 11 is 0. The Bertz CT molecular complexity index is 547. The minimum Gasteiger partial charge on any atom is -0.369 e. The number of carbonyl (C=O) groups excluding carboxylic acids is 1. The van der Waals surface area contributed by atoms with Crippen molar-refractivity contribution in [3.8, 4) is 0 Å². The van der Waals surface area contributed by atoms with Crippen LogP contribution in [0.15, 0.2) is 36.5 Å². The minimum atomic E-state index is -0.165. The molecule has 1 heterocycles. The number of fused-ring (bicyclic) bond motifs is 1. The van der Waals surface area contributed by atoms with Gasteiger partial charge < -0.3 is 10.1 Å². The Morgan fingerprint density at radius 1 is 1.33 bits per heavy atom. The highest BCUT2D eigenvalue weighted by Crippen LogP contribution is 2.20. The Hall–Kier alpha value is -1.94. The van der Waals surface area contributed by atoms with E-state index in [2.05, 4.69) is 10.3 Å². The third kappa shape index (κ3) is 3.05. The fraction of sp³-hybridized carbons (Fsp3) is 0.286. The summed E-state index contributed by atoms with van der Waals surface area (Å²) < 4.78 is 5.26. The molecule has 0 saturated carbocycles. The summed E-state index contributed by atoms with van der Waals surface area (Å²) in [6, 6.07) is 9.52. The topological polar surface area (TPSA) is 51.2 Å². The number of benzene rings is 1. The SMILES string of the molecule is CC(C)OCC(=O)Nc1cccc2cccnc12. The number of nitrogens with zero attached hydrogens (tertiary/aromatic N) is 1. The van der Waals surface area contributed by atoms with Crippen molar-refractivity contribution in [3.05, 3.63) is 36.5 Å². The molecule has 0 unspecified atom stereocenters. The third-order valence-corrected chi connectivity index (χ3v) is 2.45. The van der Waals surface area contributed by atoms with Crippen molar-refractivity contribution in [2.24, 2.45) is 0 Å². The lowest BCUT2D eigenvalue weighted by Crippen LogP contribution is -2.20. The van der Waals surface area contributed by atoms with Gasteiger partial charge in [-0.15, -0.1) is 0 Å². The van der Waals surface area contributed by atoms with Crippen LogP contribution in [0.2, 0.25) is 0 Å². The molecule has 0 atom stereocenters. The van der Waals surface area contributed by atoms with Gasteiger partial charge in [0.05, 0.1) is 17.3 Å². The Morgan fingerprint density at radius 2 is 2.11 bits per heavy atom. The van der Waals surface area contributed by atoms with Gasteiger partial charge in [-0.1, -0.05) is 18.2 Å². The van der Waals surface area contributed by atoms with E-state index in [0.29, 0.717) is 5.69 Å². The fourth-order valence-electron chi connectivity index (χ4n) is 1.63. The van der Waals surface area contributed by atoms with Crippen molar-refractivity contribution in [2.45, 2.75) is 20.0 Å². The number of anilines is 1. The fourth-order valence-corrected chi connectivity index (χ4v) is 1.63. The first kappa shape index (κ1) is 12.5. The van der Waals surface area contributed by atoms with Crippen molar-refractivity contribution < 1.29 is 9.53 Å². The summed E-state index contributed by atoms with van der Waals surface area (Å²) in [5.74, 6) is -0.165. The van der Waals surface area contributed by atoms with E-state index in [4.69, 9.17) is 4.74 Å². The van der Waals surface area contributed by atoms with E-state index >= 15 is 0 Å². The zero-order chi connectivity index (χ0) is 13.0. The monoisotopic (exact) mass is 244 g/mol. The van der Waals surface area contributed by atoms with Crippen molar-refractivity contribution in [2.75, 3.05) is 11.9 Å². The van der Waals surface area contributed by atoms with E-state index in [1.54, 1.807) is 6.20 Å². The van der Waals surface area contributed by atoms with Gasteiger partial charge in [0.1, 0.15) is 6.61 Å². The Balaban J connectivity index is 2.14. The van der Waals surface area contributed by atoms with E-state index in [0.717, 1.165) is 10.9 Å². The van der Waals surface area contributed by atoms with E-state index in [1.165, 1.54) is 0 Å². The van der Waals surface area contributed by atoms with E-state index < -0.39 is 0 Å². The highest BCUT2D eigenvalue weighted by atomic mass is 16.5. The molecule has 0 saturated heterocycles. The number of hydrogen-bond acceptors (Lipinski definition) is 3. The molecule has 1 aromatic carbocycles. The predicted molar refractivity (Wildman–Crippen MR) is 71.5 cm³/mol. The zero-order valence-electron chi connectivity index (χ0n) is 10.5. The highest BCUT2D eigenvalue weighted by molar-refractivity contribution is 6.00. The van der Waals surface area contributed by atoms with Crippen LogP contribution >= 0.6 is 0 Å². The van der Waals surface area contributed by atoms with Crippen molar-refractivity contribution >= 4 is 22.5 Å². The predicted octanol–water partition coefficient (Wildman–Crippen LogP) is 2.60. The van der Waals surface area contributed by atoms with Gasteiger partial charge in [-0.25, -0.2) is 0 Å². The number of para-hydroxylation sites is 1. The molecule has 18 heavy (non-hydrogen) atoms. The van der Waals surface area contributed by atoms with Crippen molar-refractivity contribution in [1.82, 2.24) is 4.98 Å². The molecular weight excluding hydrogens is 228 g/mol. The molecule has 2 aromatic rings. The van der Waals surface area contributed by atoms with Gasteiger partial charge in [-0.2, -0.15) is 0 Å². The number of ether oxygens (including phenoxy) is 1. The van der Waals surface area contributed by atoms with Gasteiger partial charge >= 0.3 is 0 Å². The Kier molecular flexibility index (Phi) is 3.89. The smallest absolute Gasteiger partial charge is 0.250 e. The summed E-state index contributed by atoms with van der Waals surface area (Å²) in [5, 5.41) is 3.81. The van der Waals surface area contributed by atoms with Gasteiger partial charge in [0.15, 0.2) is 0 Å². The first-order valence-electron chi connectivity index (χ1n) is 5.92. The molecular formula is C14H16N2O2. The summed E-state index contributed by atoms with van der Waals surface area (Å²) in [7, 11) is 0. The molecule has 0 fully saturated rings. The summed E-state index contributed by atoms with van der Waals surface area (Å²) in [6.07, 6.45) is 1.75. The second kappa shape index (κ2) is 5.60. The molecule has 1 amide bonds. The van der Waals surface area contributed by atoms with Gasteiger partial charge in [-0.3, -0.25) is 9.78 Å². The summed E-state index contributed by atoms with van der Waals surface area (Å²) in [5.41, 5.74) is 1.50. The third-order valence-electron chi connectivity index (χ3n) is 2.45. The standard InChI is InChI=1S/C14H16N2O2/c1-10(2)18-9-13(17)16-12-7-3-5-11-6-4-8-15-14(11)12/h3-8,10H,9H2,1-2H3,(H,16,17). The van der Waals surface area contributed by atoms with Crippen molar-refractivity contribution in [3.63, 3.8) is 0 Å². The zero-order valence-corrected chi connectivity index (χ0v) is 10.5. The van der Waals surface area contributed by atoms with Crippen LogP contribution in [0.5, 0.6) is 0 Å². The van der Waals surface area contributed by atoms with Crippen LogP contribution in [0, 0.1) is 0 Å². The summed E-state index contributed by atoms with van der Waals surface area (Å²) in [4.78, 5) is 16.0. The van der Waals surface area contributed by atoms with E-state index in [9.17, 15) is 4.79 Å². The number of hydrogen-bond donors (Lipinski definition) is 1. The second-order valence-electron chi connectivity index (χ2n) is 4.29. The highest BCUT2D eigenvalue weighted by Gasteiger charge is 2.07. The molecule has 0 bridgehead atoms. The molecule has 0 radical (unpaired) electrons. The lowest BCUT2D eigenvalue weighted by Gasteiger charge is -2.09. The average molecular weight is 244 g/mol. The number of pyridine rings is 1. The molecule has 1 N–H and O–H groups in total. The van der Waals surface area contributed by atoms with Crippen LogP contribution < -0.4 is 5.32 Å². The summed E-state index contributed by atoms with van der Waals surface area (Å²) in [6.45, 7) is 3.85. The number of nitrogens with one attached hydrogen (secondary N) is 1. The van der Waals surface area contributed by atoms with Crippen molar-refractivity contribution in [1.29, 1.82) is 0 Å². The number of rotatable bonds is 4. The van der Waals surface area contributed by atoms with Crippen LogP contribution in [0.1, 0.15) is 13.8 Å². The number of amides is 1. The van der Waals surface area contributed by atoms with Crippen LogP contribution in [0.25, 0.3) is 10.9 Å². The molecule has 1 aromatic heterocycles. The first-order valence-corrected chi connectivity index (χ1v) is 5.92. The first-order chi connectivity index (χ1) is 8.66. The lowest BCUT2D eigenvalue weighted by molar-refractivity contribution is -0.121. The van der Waals surface area contributed by atoms with Crippen LogP contribution in [0.3, 0.4) is 0 Å². The molecule has 4 nitrogen and oxygen atoms in total. The van der Waals surface area contributed by atoms with Crippen LogP contribution in [-0.2, 0) is 9.53 Å². The van der Waals surface area contributed by atoms with Crippen LogP contribution in [0.4, 0.5) is 5.69 Å². The minimum absolute atomic E-state index is 0.0430. The molecule has 0 aliphatic heterocycles. The maximum Gasteiger partial charge on any atom is 0.250 e. The van der Waals surface area contributed by atoms with Gasteiger partial charge in [0.2, 0.25) is 5.91 Å².